The minimum atomic E-state index is -0.801. The van der Waals surface area contributed by atoms with Gasteiger partial charge in [-0.25, -0.2) is 4.79 Å². The molecule has 2 rings (SSSR count). The van der Waals surface area contributed by atoms with Crippen molar-refractivity contribution in [3.63, 3.8) is 0 Å². The first-order chi connectivity index (χ1) is 9.31. The van der Waals surface area contributed by atoms with Crippen LogP contribution in [0.5, 0.6) is 0 Å². The van der Waals surface area contributed by atoms with Gasteiger partial charge in [0.05, 0.1) is 11.4 Å². The Morgan fingerprint density at radius 1 is 1.00 bits per heavy atom. The normalized spacial score (nSPS) is 9.47. The van der Waals surface area contributed by atoms with Crippen LogP contribution in [-0.2, 0) is 9.53 Å². The van der Waals surface area contributed by atoms with Gasteiger partial charge in [-0.2, -0.15) is 5.01 Å². The molecule has 0 aromatic heterocycles. The lowest BCUT2D eigenvalue weighted by Gasteiger charge is -2.22. The summed E-state index contributed by atoms with van der Waals surface area (Å²) in [6.45, 7) is 0.102. The summed E-state index contributed by atoms with van der Waals surface area (Å²) in [6, 6.07) is 18.0. The van der Waals surface area contributed by atoms with E-state index in [0.717, 1.165) is 5.01 Å². The van der Waals surface area contributed by atoms with Gasteiger partial charge >= 0.3 is 12.6 Å². The molecule has 0 saturated carbocycles. The fraction of sp³-hybridized carbons (Fsp3) is 0. The van der Waals surface area contributed by atoms with Crippen LogP contribution in [0.4, 0.5) is 16.2 Å². The molecule has 0 bridgehead atoms. The van der Waals surface area contributed by atoms with Gasteiger partial charge in [0.2, 0.25) is 0 Å². The van der Waals surface area contributed by atoms with Gasteiger partial charge in [-0.15, -0.1) is 0 Å². The predicted molar refractivity (Wildman–Crippen MR) is 71.5 cm³/mol. The smallest absolute Gasteiger partial charge is 0.377 e. The van der Waals surface area contributed by atoms with Crippen LogP contribution in [0.15, 0.2) is 60.7 Å². The highest BCUT2D eigenvalue weighted by molar-refractivity contribution is 5.92. The van der Waals surface area contributed by atoms with Gasteiger partial charge in [0.25, 0.3) is 0 Å². The van der Waals surface area contributed by atoms with Crippen LogP contribution >= 0.6 is 0 Å². The van der Waals surface area contributed by atoms with Crippen molar-refractivity contribution in [2.24, 2.45) is 0 Å². The molecule has 19 heavy (non-hydrogen) atoms. The third-order valence-electron chi connectivity index (χ3n) is 2.36. The highest BCUT2D eigenvalue weighted by Crippen LogP contribution is 2.16. The minimum absolute atomic E-state index is 0.102. The van der Waals surface area contributed by atoms with Crippen molar-refractivity contribution in [2.45, 2.75) is 0 Å². The molecule has 0 unspecified atom stereocenters. The van der Waals surface area contributed by atoms with Crippen molar-refractivity contribution in [1.82, 2.24) is 0 Å². The molecule has 0 aliphatic heterocycles. The van der Waals surface area contributed by atoms with Crippen molar-refractivity contribution in [1.29, 1.82) is 0 Å². The zero-order valence-electron chi connectivity index (χ0n) is 10.0. The molecule has 0 saturated heterocycles. The number of amides is 1. The van der Waals surface area contributed by atoms with Gasteiger partial charge in [-0.3, -0.25) is 10.2 Å². The quantitative estimate of drug-likeness (QED) is 0.519. The van der Waals surface area contributed by atoms with E-state index in [1.54, 1.807) is 36.4 Å². The first-order valence-corrected chi connectivity index (χ1v) is 5.62. The molecular weight excluding hydrogens is 244 g/mol. The standard InChI is InChI=1S/C14H12N2O3/c17-11-19-14(18)16(13-9-5-2-6-10-13)15-12-7-3-1-4-8-12/h1-11,15H. The van der Waals surface area contributed by atoms with Crippen LogP contribution in [0, 0.1) is 0 Å². The Bertz CT molecular complexity index is 543. The molecule has 0 heterocycles. The van der Waals surface area contributed by atoms with E-state index in [0.29, 0.717) is 11.4 Å². The highest BCUT2D eigenvalue weighted by Gasteiger charge is 2.17. The fourth-order valence-corrected chi connectivity index (χ4v) is 1.53. The molecule has 0 aliphatic rings. The summed E-state index contributed by atoms with van der Waals surface area (Å²) in [6.07, 6.45) is -0.801. The van der Waals surface area contributed by atoms with Crippen molar-refractivity contribution in [3.8, 4) is 0 Å². The van der Waals surface area contributed by atoms with Crippen molar-refractivity contribution < 1.29 is 14.3 Å². The van der Waals surface area contributed by atoms with E-state index in [-0.39, 0.29) is 6.47 Å². The van der Waals surface area contributed by atoms with Crippen LogP contribution in [0.25, 0.3) is 0 Å². The molecular formula is C14H12N2O3. The third kappa shape index (κ3) is 3.32. The summed E-state index contributed by atoms with van der Waals surface area (Å²) in [5, 5.41) is 1.16. The lowest BCUT2D eigenvalue weighted by Crippen LogP contribution is -2.36. The van der Waals surface area contributed by atoms with E-state index in [1.165, 1.54) is 0 Å². The Balaban J connectivity index is 2.25. The predicted octanol–water partition coefficient (Wildman–Crippen LogP) is 2.81. The van der Waals surface area contributed by atoms with E-state index >= 15 is 0 Å². The van der Waals surface area contributed by atoms with E-state index in [1.807, 2.05) is 24.3 Å². The zero-order valence-corrected chi connectivity index (χ0v) is 10.0. The maximum Gasteiger partial charge on any atom is 0.441 e. The van der Waals surface area contributed by atoms with Crippen LogP contribution < -0.4 is 10.4 Å². The Morgan fingerprint density at radius 3 is 2.16 bits per heavy atom. The second kappa shape index (κ2) is 6.20. The third-order valence-corrected chi connectivity index (χ3v) is 2.36. The largest absolute Gasteiger partial charge is 0.441 e. The molecule has 5 nitrogen and oxygen atoms in total. The monoisotopic (exact) mass is 256 g/mol. The number of rotatable bonds is 4. The van der Waals surface area contributed by atoms with Crippen molar-refractivity contribution in [2.75, 3.05) is 10.4 Å². The average Bonchev–Trinajstić information content (AvgIpc) is 2.47. The molecule has 1 N–H and O–H groups in total. The number of hydrazine groups is 1. The molecule has 0 radical (unpaired) electrons. The lowest BCUT2D eigenvalue weighted by molar-refractivity contribution is -0.123. The van der Waals surface area contributed by atoms with Gasteiger partial charge in [-0.1, -0.05) is 36.4 Å². The zero-order chi connectivity index (χ0) is 13.5. The summed E-state index contributed by atoms with van der Waals surface area (Å²) in [5.74, 6) is 0. The molecule has 0 fully saturated rings. The SMILES string of the molecule is O=COC(=O)N(Nc1ccccc1)c1ccccc1. The number of anilines is 2. The Labute approximate surface area is 110 Å². The van der Waals surface area contributed by atoms with E-state index in [2.05, 4.69) is 10.2 Å². The second-order valence-electron chi connectivity index (χ2n) is 3.63. The number of nitrogens with zero attached hydrogens (tertiary/aromatic N) is 1. The number of para-hydroxylation sites is 2. The fourth-order valence-electron chi connectivity index (χ4n) is 1.53. The molecule has 0 atom stereocenters. The second-order valence-corrected chi connectivity index (χ2v) is 3.63. The van der Waals surface area contributed by atoms with Crippen LogP contribution in [0.1, 0.15) is 0 Å². The van der Waals surface area contributed by atoms with Crippen LogP contribution in [0.2, 0.25) is 0 Å². The van der Waals surface area contributed by atoms with E-state index in [9.17, 15) is 9.59 Å². The molecule has 5 heteroatoms. The van der Waals surface area contributed by atoms with Gasteiger partial charge in [0.15, 0.2) is 0 Å². The number of benzene rings is 2. The summed E-state index contributed by atoms with van der Waals surface area (Å²) >= 11 is 0. The van der Waals surface area contributed by atoms with Crippen molar-refractivity contribution >= 4 is 23.9 Å². The van der Waals surface area contributed by atoms with Crippen molar-refractivity contribution in [3.05, 3.63) is 60.7 Å². The summed E-state index contributed by atoms with van der Waals surface area (Å²) in [5.41, 5.74) is 4.15. The Hall–Kier alpha value is -2.82. The van der Waals surface area contributed by atoms with Crippen LogP contribution in [0.3, 0.4) is 0 Å². The Kier molecular flexibility index (Phi) is 4.12. The summed E-state index contributed by atoms with van der Waals surface area (Å²) in [4.78, 5) is 22.1. The van der Waals surface area contributed by atoms with Crippen LogP contribution in [-0.4, -0.2) is 12.6 Å². The summed E-state index contributed by atoms with van der Waals surface area (Å²) < 4.78 is 4.37. The van der Waals surface area contributed by atoms with Gasteiger partial charge in [0, 0.05) is 0 Å². The van der Waals surface area contributed by atoms with Gasteiger partial charge in [0.1, 0.15) is 0 Å². The molecule has 0 aliphatic carbocycles. The maximum atomic E-state index is 11.8. The number of hydrogen-bond donors (Lipinski definition) is 1. The molecule has 96 valence electrons. The number of carbonyl (C=O) groups excluding carboxylic acids is 2. The molecule has 2 aromatic rings. The maximum absolute atomic E-state index is 11.8. The first kappa shape index (κ1) is 12.6. The highest BCUT2D eigenvalue weighted by atomic mass is 16.6. The first-order valence-electron chi connectivity index (χ1n) is 5.62. The molecule has 0 spiro atoms. The lowest BCUT2D eigenvalue weighted by atomic mass is 10.3. The van der Waals surface area contributed by atoms with Gasteiger partial charge in [-0.05, 0) is 24.3 Å². The minimum Gasteiger partial charge on any atom is -0.377 e. The number of carbonyl (C=O) groups is 2. The number of nitrogens with one attached hydrogen (secondary N) is 1. The van der Waals surface area contributed by atoms with Gasteiger partial charge < -0.3 is 4.74 Å². The average molecular weight is 256 g/mol. The van der Waals surface area contributed by atoms with E-state index < -0.39 is 6.09 Å². The van der Waals surface area contributed by atoms with E-state index in [4.69, 9.17) is 0 Å². The topological polar surface area (TPSA) is 58.6 Å². The molecule has 2 aromatic carbocycles. The number of ether oxygens (including phenoxy) is 1. The molecule has 1 amide bonds. The summed E-state index contributed by atoms with van der Waals surface area (Å²) in [7, 11) is 0. The Morgan fingerprint density at radius 2 is 1.58 bits per heavy atom. The number of hydrogen-bond acceptors (Lipinski definition) is 4.